The number of benzene rings is 1. The average molecular weight is 352 g/mol. The van der Waals surface area contributed by atoms with Crippen LogP contribution in [0.25, 0.3) is 0 Å². The number of carbonyl (C=O) groups excluding carboxylic acids is 1. The smallest absolute Gasteiger partial charge is 0.317 e. The Bertz CT molecular complexity index is 711. The van der Waals surface area contributed by atoms with Gasteiger partial charge in [0.15, 0.2) is 9.84 Å². The first kappa shape index (κ1) is 17.1. The van der Waals surface area contributed by atoms with Crippen LogP contribution in [0.5, 0.6) is 5.75 Å². The van der Waals surface area contributed by atoms with E-state index in [1.807, 2.05) is 24.3 Å². The molecule has 7 heteroatoms. The van der Waals surface area contributed by atoms with E-state index in [4.69, 9.17) is 4.74 Å². The number of methoxy groups -OCH3 is 1. The first-order chi connectivity index (χ1) is 11.4. The van der Waals surface area contributed by atoms with Crippen molar-refractivity contribution in [2.24, 2.45) is 0 Å². The van der Waals surface area contributed by atoms with E-state index in [1.165, 1.54) is 10.5 Å². The van der Waals surface area contributed by atoms with E-state index in [0.29, 0.717) is 13.0 Å². The van der Waals surface area contributed by atoms with Crippen molar-refractivity contribution >= 4 is 15.9 Å². The molecule has 24 heavy (non-hydrogen) atoms. The maximum absolute atomic E-state index is 12.3. The Hall–Kier alpha value is -1.76. The van der Waals surface area contributed by atoms with Crippen molar-refractivity contribution in [3.8, 4) is 5.75 Å². The third-order valence-corrected chi connectivity index (χ3v) is 6.96. The number of urea groups is 1. The van der Waals surface area contributed by atoms with Crippen LogP contribution in [0.2, 0.25) is 0 Å². The molecular formula is C17H24N2O4S. The molecule has 1 atom stereocenters. The second-order valence-electron chi connectivity index (χ2n) is 6.84. The van der Waals surface area contributed by atoms with Gasteiger partial charge in [0.25, 0.3) is 0 Å². The molecule has 1 aliphatic heterocycles. The molecule has 2 amide bonds. The molecule has 1 aromatic rings. The van der Waals surface area contributed by atoms with Crippen LogP contribution >= 0.6 is 0 Å². The molecule has 0 bridgehead atoms. The summed E-state index contributed by atoms with van der Waals surface area (Å²) in [5.41, 5.74) is 1.21. The van der Waals surface area contributed by atoms with Crippen molar-refractivity contribution in [2.45, 2.75) is 30.7 Å². The van der Waals surface area contributed by atoms with Gasteiger partial charge in [0.2, 0.25) is 0 Å². The summed E-state index contributed by atoms with van der Waals surface area (Å²) in [6, 6.07) is 7.55. The zero-order chi connectivity index (χ0) is 17.4. The van der Waals surface area contributed by atoms with Gasteiger partial charge in [-0.15, -0.1) is 0 Å². The third-order valence-electron chi connectivity index (χ3n) is 5.21. The van der Waals surface area contributed by atoms with Crippen molar-refractivity contribution < 1.29 is 17.9 Å². The molecule has 1 unspecified atom stereocenters. The second-order valence-corrected chi connectivity index (χ2v) is 9.06. The summed E-state index contributed by atoms with van der Waals surface area (Å²) in [6.45, 7) is 0.571. The number of rotatable bonds is 5. The van der Waals surface area contributed by atoms with Crippen LogP contribution in [0.3, 0.4) is 0 Å². The van der Waals surface area contributed by atoms with Gasteiger partial charge in [0, 0.05) is 25.0 Å². The van der Waals surface area contributed by atoms with Crippen molar-refractivity contribution in [1.29, 1.82) is 0 Å². The highest BCUT2D eigenvalue weighted by Crippen LogP contribution is 2.47. The molecule has 1 aromatic carbocycles. The summed E-state index contributed by atoms with van der Waals surface area (Å²) in [4.78, 5) is 13.9. The van der Waals surface area contributed by atoms with Gasteiger partial charge in [0.1, 0.15) is 5.75 Å². The van der Waals surface area contributed by atoms with Crippen molar-refractivity contribution in [1.82, 2.24) is 10.2 Å². The lowest BCUT2D eigenvalue weighted by Crippen LogP contribution is -2.46. The van der Waals surface area contributed by atoms with E-state index in [1.54, 1.807) is 14.2 Å². The van der Waals surface area contributed by atoms with E-state index >= 15 is 0 Å². The van der Waals surface area contributed by atoms with Crippen LogP contribution in [0.15, 0.2) is 24.3 Å². The van der Waals surface area contributed by atoms with Gasteiger partial charge in [-0.05, 0) is 37.0 Å². The molecule has 1 saturated carbocycles. The lowest BCUT2D eigenvalue weighted by Gasteiger charge is -2.25. The molecular weight excluding hydrogens is 328 g/mol. The van der Waals surface area contributed by atoms with Crippen LogP contribution in [0, 0.1) is 0 Å². The molecule has 2 aliphatic rings. The van der Waals surface area contributed by atoms with E-state index < -0.39 is 9.84 Å². The molecule has 1 saturated heterocycles. The first-order valence-corrected chi connectivity index (χ1v) is 10.0. The monoisotopic (exact) mass is 352 g/mol. The van der Waals surface area contributed by atoms with Gasteiger partial charge >= 0.3 is 6.03 Å². The minimum absolute atomic E-state index is 0.00449. The minimum atomic E-state index is -2.99. The molecule has 1 N–H and O–H groups in total. The van der Waals surface area contributed by atoms with Gasteiger partial charge in [-0.2, -0.15) is 0 Å². The van der Waals surface area contributed by atoms with Crippen LogP contribution in [-0.4, -0.2) is 57.6 Å². The van der Waals surface area contributed by atoms with Crippen molar-refractivity contribution in [3.05, 3.63) is 29.8 Å². The van der Waals surface area contributed by atoms with E-state index in [9.17, 15) is 13.2 Å². The molecule has 6 nitrogen and oxygen atoms in total. The molecule has 1 heterocycles. The van der Waals surface area contributed by atoms with Gasteiger partial charge < -0.3 is 15.0 Å². The van der Waals surface area contributed by atoms with Gasteiger partial charge in [-0.25, -0.2) is 13.2 Å². The Morgan fingerprint density at radius 3 is 2.50 bits per heavy atom. The largest absolute Gasteiger partial charge is 0.497 e. The lowest BCUT2D eigenvalue weighted by molar-refractivity contribution is 0.194. The summed E-state index contributed by atoms with van der Waals surface area (Å²) in [5.74, 6) is 1.06. The zero-order valence-electron chi connectivity index (χ0n) is 14.1. The number of nitrogens with one attached hydrogen (secondary N) is 1. The number of carbonyl (C=O) groups is 1. The van der Waals surface area contributed by atoms with Gasteiger partial charge in [-0.1, -0.05) is 12.1 Å². The summed E-state index contributed by atoms with van der Waals surface area (Å²) in [7, 11) is 0.326. The molecule has 132 valence electrons. The zero-order valence-corrected chi connectivity index (χ0v) is 14.9. The predicted molar refractivity (Wildman–Crippen MR) is 92.1 cm³/mol. The normalized spacial score (nSPS) is 23.5. The Kier molecular flexibility index (Phi) is 4.46. The predicted octanol–water partition coefficient (Wildman–Crippen LogP) is 1.56. The van der Waals surface area contributed by atoms with Crippen LogP contribution in [0.1, 0.15) is 24.8 Å². The molecule has 0 radical (unpaired) electrons. The lowest BCUT2D eigenvalue weighted by atomic mass is 9.96. The summed E-state index contributed by atoms with van der Waals surface area (Å²) in [6.07, 6.45) is 2.61. The topological polar surface area (TPSA) is 75.7 Å². The van der Waals surface area contributed by atoms with Crippen molar-refractivity contribution in [2.75, 3.05) is 32.2 Å². The highest BCUT2D eigenvalue weighted by molar-refractivity contribution is 7.91. The summed E-state index contributed by atoms with van der Waals surface area (Å²) >= 11 is 0. The summed E-state index contributed by atoms with van der Waals surface area (Å²) in [5, 5.41) is 2.98. The Morgan fingerprint density at radius 1 is 1.33 bits per heavy atom. The van der Waals surface area contributed by atoms with Gasteiger partial charge in [0.05, 0.1) is 18.6 Å². The standard InChI is InChI=1S/C17H24N2O4S/c1-19(14-7-10-24(21,22)11-14)16(20)18-12-17(8-9-17)13-3-5-15(23-2)6-4-13/h3-6,14H,7-12H2,1-2H3,(H,18,20). The molecule has 1 aliphatic carbocycles. The Balaban J connectivity index is 1.57. The number of nitrogens with zero attached hydrogens (tertiary/aromatic N) is 1. The SMILES string of the molecule is COc1ccc(C2(CNC(=O)N(C)C3CCS(=O)(=O)C3)CC2)cc1. The minimum Gasteiger partial charge on any atom is -0.497 e. The fraction of sp³-hybridized carbons (Fsp3) is 0.588. The Morgan fingerprint density at radius 2 is 2.00 bits per heavy atom. The quantitative estimate of drug-likeness (QED) is 0.872. The molecule has 0 spiro atoms. The number of hydrogen-bond donors (Lipinski definition) is 1. The number of hydrogen-bond acceptors (Lipinski definition) is 4. The Labute approximate surface area is 143 Å². The van der Waals surface area contributed by atoms with E-state index in [2.05, 4.69) is 5.32 Å². The highest BCUT2D eigenvalue weighted by Gasteiger charge is 2.44. The third kappa shape index (κ3) is 3.50. The maximum Gasteiger partial charge on any atom is 0.317 e. The first-order valence-electron chi connectivity index (χ1n) is 8.21. The van der Waals surface area contributed by atoms with E-state index in [-0.39, 0.29) is 29.0 Å². The van der Waals surface area contributed by atoms with Crippen LogP contribution < -0.4 is 10.1 Å². The molecule has 0 aromatic heterocycles. The van der Waals surface area contributed by atoms with Crippen LogP contribution in [-0.2, 0) is 15.3 Å². The maximum atomic E-state index is 12.3. The summed E-state index contributed by atoms with van der Waals surface area (Å²) < 4.78 is 28.3. The number of sulfone groups is 1. The molecule has 2 fully saturated rings. The number of ether oxygens (including phenoxy) is 1. The average Bonchev–Trinajstić information content (AvgIpc) is 3.29. The fourth-order valence-electron chi connectivity index (χ4n) is 3.28. The van der Waals surface area contributed by atoms with E-state index in [0.717, 1.165) is 18.6 Å². The second kappa shape index (κ2) is 6.27. The van der Waals surface area contributed by atoms with Crippen LogP contribution in [0.4, 0.5) is 4.79 Å². The number of amides is 2. The van der Waals surface area contributed by atoms with Gasteiger partial charge in [-0.3, -0.25) is 0 Å². The molecule has 3 rings (SSSR count). The van der Waals surface area contributed by atoms with Crippen molar-refractivity contribution in [3.63, 3.8) is 0 Å². The fourth-order valence-corrected chi connectivity index (χ4v) is 5.05. The highest BCUT2D eigenvalue weighted by atomic mass is 32.2.